The molecule has 0 bridgehead atoms. The van der Waals surface area contributed by atoms with Crippen molar-refractivity contribution in [2.45, 2.75) is 63.8 Å². The third-order valence-corrected chi connectivity index (χ3v) is 4.73. The molecule has 1 saturated carbocycles. The Morgan fingerprint density at radius 3 is 2.65 bits per heavy atom. The van der Waals surface area contributed by atoms with Crippen LogP contribution in [0.25, 0.3) is 0 Å². The zero-order valence-electron chi connectivity index (χ0n) is 10.7. The molecule has 2 heteroatoms. The van der Waals surface area contributed by atoms with Crippen molar-refractivity contribution < 1.29 is 0 Å². The van der Waals surface area contributed by atoms with Crippen LogP contribution in [0.2, 0.25) is 0 Å². The van der Waals surface area contributed by atoms with Crippen LogP contribution in [0.5, 0.6) is 0 Å². The summed E-state index contributed by atoms with van der Waals surface area (Å²) in [5.41, 5.74) is 7.74. The zero-order chi connectivity index (χ0) is 11.9. The number of hydrogen-bond donors (Lipinski definition) is 1. The van der Waals surface area contributed by atoms with Crippen molar-refractivity contribution in [2.24, 2.45) is 11.7 Å². The highest BCUT2D eigenvalue weighted by Crippen LogP contribution is 2.26. The lowest BCUT2D eigenvalue weighted by atomic mass is 9.91. The van der Waals surface area contributed by atoms with Crippen molar-refractivity contribution in [2.75, 3.05) is 0 Å². The Hall–Kier alpha value is -0.340. The fourth-order valence-corrected chi connectivity index (χ4v) is 3.64. The van der Waals surface area contributed by atoms with Crippen LogP contribution in [-0.2, 0) is 6.42 Å². The highest BCUT2D eigenvalue weighted by atomic mass is 32.1. The molecule has 0 radical (unpaired) electrons. The summed E-state index contributed by atoms with van der Waals surface area (Å²) in [5.74, 6) is 0.912. The molecule has 1 aromatic heterocycles. The molecule has 2 N–H and O–H groups in total. The molecule has 0 aromatic carbocycles. The molecule has 1 aliphatic carbocycles. The van der Waals surface area contributed by atoms with Gasteiger partial charge in [-0.05, 0) is 47.6 Å². The Balaban J connectivity index is 1.67. The maximum absolute atomic E-state index is 6.28. The van der Waals surface area contributed by atoms with Crippen molar-refractivity contribution in [3.8, 4) is 0 Å². The van der Waals surface area contributed by atoms with E-state index in [9.17, 15) is 0 Å². The summed E-state index contributed by atoms with van der Waals surface area (Å²) in [6, 6.07) is 2.64. The second-order valence-electron chi connectivity index (χ2n) is 5.52. The largest absolute Gasteiger partial charge is 0.328 e. The monoisotopic (exact) mass is 251 g/mol. The first kappa shape index (κ1) is 13.1. The van der Waals surface area contributed by atoms with E-state index in [-0.39, 0.29) is 0 Å². The second kappa shape index (κ2) is 7.17. The van der Waals surface area contributed by atoms with Gasteiger partial charge in [0, 0.05) is 6.04 Å². The first-order valence-electron chi connectivity index (χ1n) is 7.11. The molecule has 1 fully saturated rings. The highest BCUT2D eigenvalue weighted by Gasteiger charge is 2.15. The van der Waals surface area contributed by atoms with Crippen LogP contribution < -0.4 is 5.73 Å². The standard InChI is InChI=1S/C15H25NS/c16-15(8-7-14-9-10-17-12-14)11-13-5-3-1-2-4-6-13/h9-10,12-13,15H,1-8,11,16H2. The van der Waals surface area contributed by atoms with E-state index in [4.69, 9.17) is 5.73 Å². The van der Waals surface area contributed by atoms with Crippen LogP contribution in [0.3, 0.4) is 0 Å². The third kappa shape index (κ3) is 4.81. The highest BCUT2D eigenvalue weighted by molar-refractivity contribution is 7.07. The van der Waals surface area contributed by atoms with E-state index in [0.717, 1.165) is 18.8 Å². The van der Waals surface area contributed by atoms with Gasteiger partial charge in [0.15, 0.2) is 0 Å². The topological polar surface area (TPSA) is 26.0 Å². The van der Waals surface area contributed by atoms with E-state index in [2.05, 4.69) is 16.8 Å². The van der Waals surface area contributed by atoms with E-state index in [0.29, 0.717) is 6.04 Å². The lowest BCUT2D eigenvalue weighted by Crippen LogP contribution is -2.24. The van der Waals surface area contributed by atoms with Gasteiger partial charge in [-0.25, -0.2) is 0 Å². The molecule has 1 aromatic rings. The number of hydrogen-bond acceptors (Lipinski definition) is 2. The van der Waals surface area contributed by atoms with E-state index < -0.39 is 0 Å². The quantitative estimate of drug-likeness (QED) is 0.773. The van der Waals surface area contributed by atoms with Crippen molar-refractivity contribution in [3.63, 3.8) is 0 Å². The predicted molar refractivity (Wildman–Crippen MR) is 76.4 cm³/mol. The first-order valence-corrected chi connectivity index (χ1v) is 8.05. The van der Waals surface area contributed by atoms with Crippen molar-refractivity contribution in [1.29, 1.82) is 0 Å². The zero-order valence-corrected chi connectivity index (χ0v) is 11.6. The molecule has 1 aliphatic rings. The molecule has 1 atom stereocenters. The lowest BCUT2D eigenvalue weighted by molar-refractivity contribution is 0.379. The summed E-state index contributed by atoms with van der Waals surface area (Å²) in [4.78, 5) is 0. The van der Waals surface area contributed by atoms with Gasteiger partial charge in [0.1, 0.15) is 0 Å². The summed E-state index contributed by atoms with van der Waals surface area (Å²) in [6.07, 6.45) is 12.2. The molecular weight excluding hydrogens is 226 g/mol. The van der Waals surface area contributed by atoms with Gasteiger partial charge in [-0.2, -0.15) is 11.3 Å². The Labute approximate surface area is 109 Å². The number of aryl methyl sites for hydroxylation is 1. The Bertz CT molecular complexity index is 286. The molecule has 0 amide bonds. The fraction of sp³-hybridized carbons (Fsp3) is 0.733. The maximum atomic E-state index is 6.28. The summed E-state index contributed by atoms with van der Waals surface area (Å²) >= 11 is 1.79. The predicted octanol–water partition coefficient (Wildman–Crippen LogP) is 4.37. The third-order valence-electron chi connectivity index (χ3n) is 3.99. The number of nitrogens with two attached hydrogens (primary N) is 1. The maximum Gasteiger partial charge on any atom is 0.00446 e. The SMILES string of the molecule is NC(CCc1ccsc1)CC1CCCCCC1. The summed E-state index contributed by atoms with van der Waals surface area (Å²) < 4.78 is 0. The van der Waals surface area contributed by atoms with Crippen molar-refractivity contribution in [3.05, 3.63) is 22.4 Å². The van der Waals surface area contributed by atoms with Gasteiger partial charge in [-0.3, -0.25) is 0 Å². The van der Waals surface area contributed by atoms with Crippen LogP contribution in [0, 0.1) is 5.92 Å². The molecule has 96 valence electrons. The molecule has 0 spiro atoms. The molecule has 0 saturated heterocycles. The molecule has 17 heavy (non-hydrogen) atoms. The van der Waals surface area contributed by atoms with Crippen molar-refractivity contribution >= 4 is 11.3 Å². The van der Waals surface area contributed by atoms with Crippen LogP contribution >= 0.6 is 11.3 Å². The van der Waals surface area contributed by atoms with E-state index in [1.165, 1.54) is 50.5 Å². The minimum Gasteiger partial charge on any atom is -0.328 e. The smallest absolute Gasteiger partial charge is 0.00446 e. The first-order chi connectivity index (χ1) is 8.34. The van der Waals surface area contributed by atoms with E-state index in [1.54, 1.807) is 11.3 Å². The lowest BCUT2D eigenvalue weighted by Gasteiger charge is -2.19. The van der Waals surface area contributed by atoms with Gasteiger partial charge in [0.05, 0.1) is 0 Å². The molecule has 1 nitrogen and oxygen atoms in total. The van der Waals surface area contributed by atoms with Crippen LogP contribution in [-0.4, -0.2) is 6.04 Å². The van der Waals surface area contributed by atoms with Gasteiger partial charge in [0.25, 0.3) is 0 Å². The van der Waals surface area contributed by atoms with E-state index >= 15 is 0 Å². The molecule has 0 aliphatic heterocycles. The normalized spacial score (nSPS) is 20.1. The van der Waals surface area contributed by atoms with Gasteiger partial charge in [0.2, 0.25) is 0 Å². The van der Waals surface area contributed by atoms with Crippen LogP contribution in [0.1, 0.15) is 56.9 Å². The summed E-state index contributed by atoms with van der Waals surface area (Å²) in [5, 5.41) is 4.41. The second-order valence-corrected chi connectivity index (χ2v) is 6.30. The molecule has 1 unspecified atom stereocenters. The fourth-order valence-electron chi connectivity index (χ4n) is 2.93. The minimum absolute atomic E-state index is 0.415. The summed E-state index contributed by atoms with van der Waals surface area (Å²) in [7, 11) is 0. The average molecular weight is 251 g/mol. The Morgan fingerprint density at radius 2 is 2.00 bits per heavy atom. The Kier molecular flexibility index (Phi) is 5.53. The van der Waals surface area contributed by atoms with Gasteiger partial charge in [-0.15, -0.1) is 0 Å². The van der Waals surface area contributed by atoms with Gasteiger partial charge < -0.3 is 5.73 Å². The minimum atomic E-state index is 0.415. The summed E-state index contributed by atoms with van der Waals surface area (Å²) in [6.45, 7) is 0. The van der Waals surface area contributed by atoms with Gasteiger partial charge >= 0.3 is 0 Å². The van der Waals surface area contributed by atoms with Crippen LogP contribution in [0.4, 0.5) is 0 Å². The van der Waals surface area contributed by atoms with Gasteiger partial charge in [-0.1, -0.05) is 38.5 Å². The number of rotatable bonds is 5. The van der Waals surface area contributed by atoms with Crippen LogP contribution in [0.15, 0.2) is 16.8 Å². The molecule has 1 heterocycles. The molecule has 2 rings (SSSR count). The number of thiophene rings is 1. The Morgan fingerprint density at radius 1 is 1.24 bits per heavy atom. The van der Waals surface area contributed by atoms with E-state index in [1.807, 2.05) is 0 Å². The average Bonchev–Trinajstić information content (AvgIpc) is 2.72. The molecular formula is C15H25NS. The van der Waals surface area contributed by atoms with Crippen molar-refractivity contribution in [1.82, 2.24) is 0 Å².